The van der Waals surface area contributed by atoms with Crippen LogP contribution in [0, 0.1) is 0 Å². The van der Waals surface area contributed by atoms with Gasteiger partial charge in [0.1, 0.15) is 17.9 Å². The Balaban J connectivity index is 2.16. The molecule has 0 aliphatic carbocycles. The maximum atomic E-state index is 12.3. The molecule has 0 atom stereocenters. The number of furan rings is 1. The summed E-state index contributed by atoms with van der Waals surface area (Å²) in [6, 6.07) is 5.07. The predicted molar refractivity (Wildman–Crippen MR) is 92.3 cm³/mol. The quantitative estimate of drug-likeness (QED) is 0.664. The first-order chi connectivity index (χ1) is 11.5. The molecule has 0 saturated heterocycles. The Hall–Kier alpha value is -2.06. The number of fused-ring (bicyclic) bond motifs is 1. The Morgan fingerprint density at radius 1 is 1.25 bits per heavy atom. The zero-order chi connectivity index (χ0) is 17.5. The molecule has 1 aromatic heterocycles. The summed E-state index contributed by atoms with van der Waals surface area (Å²) in [6.07, 6.45) is 0.216. The van der Waals surface area contributed by atoms with E-state index in [-0.39, 0.29) is 24.8 Å². The Morgan fingerprint density at radius 3 is 2.75 bits per heavy atom. The minimum absolute atomic E-state index is 0.135. The van der Waals surface area contributed by atoms with E-state index in [1.54, 1.807) is 32.4 Å². The fraction of sp³-hybridized carbons (Fsp3) is 0.375. The molecule has 8 heteroatoms. The Morgan fingerprint density at radius 2 is 2.04 bits per heavy atom. The van der Waals surface area contributed by atoms with Gasteiger partial charge in [-0.3, -0.25) is 9.59 Å². The van der Waals surface area contributed by atoms with Crippen LogP contribution in [0.25, 0.3) is 11.0 Å². The van der Waals surface area contributed by atoms with E-state index in [1.165, 1.54) is 0 Å². The highest BCUT2D eigenvalue weighted by Gasteiger charge is 2.15. The van der Waals surface area contributed by atoms with E-state index in [4.69, 9.17) is 13.9 Å². The number of nitrogens with one attached hydrogen (secondary N) is 2. The molecular weight excluding hydrogens is 380 g/mol. The van der Waals surface area contributed by atoms with Crippen molar-refractivity contribution in [2.45, 2.75) is 6.42 Å². The number of carbonyl (C=O) groups is 2. The highest BCUT2D eigenvalue weighted by atomic mass is 79.9. The highest BCUT2D eigenvalue weighted by molar-refractivity contribution is 9.10. The monoisotopic (exact) mass is 398 g/mol. The lowest BCUT2D eigenvalue weighted by molar-refractivity contribution is -0.120. The number of ether oxygens (including phenoxy) is 2. The fourth-order valence-electron chi connectivity index (χ4n) is 2.08. The third kappa shape index (κ3) is 4.72. The molecule has 2 amide bonds. The number of halogens is 1. The molecule has 130 valence electrons. The average Bonchev–Trinajstić information content (AvgIpc) is 2.94. The molecule has 0 aliphatic heterocycles. The summed E-state index contributed by atoms with van der Waals surface area (Å²) in [7, 11) is 3.14. The molecule has 2 aromatic rings. The molecule has 0 saturated carbocycles. The van der Waals surface area contributed by atoms with Gasteiger partial charge in [-0.2, -0.15) is 0 Å². The summed E-state index contributed by atoms with van der Waals surface area (Å²) in [5, 5.41) is 5.96. The first kappa shape index (κ1) is 18.3. The number of carbonyl (C=O) groups excluding carboxylic acids is 2. The van der Waals surface area contributed by atoms with Gasteiger partial charge in [0, 0.05) is 38.8 Å². The van der Waals surface area contributed by atoms with E-state index >= 15 is 0 Å². The standard InChI is InChI=1S/C16H19BrN2O5/c1-18-15(20)3-4-19-16(21)10-7-12(23-6-5-22-2)11-9-14(17)24-13(11)8-10/h7-9H,3-6H2,1-2H3,(H,18,20)(H,19,21). The molecule has 24 heavy (non-hydrogen) atoms. The second kappa shape index (κ2) is 8.70. The topological polar surface area (TPSA) is 89.8 Å². The van der Waals surface area contributed by atoms with Crippen molar-refractivity contribution in [3.8, 4) is 5.75 Å². The van der Waals surface area contributed by atoms with Crippen LogP contribution in [0.5, 0.6) is 5.75 Å². The molecule has 2 N–H and O–H groups in total. The first-order valence-corrected chi connectivity index (χ1v) is 8.18. The SMILES string of the molecule is CNC(=O)CCNC(=O)c1cc(OCCOC)c2cc(Br)oc2c1. The van der Waals surface area contributed by atoms with Crippen LogP contribution in [0.15, 0.2) is 27.3 Å². The van der Waals surface area contributed by atoms with Crippen molar-refractivity contribution >= 4 is 38.7 Å². The molecule has 0 aliphatic rings. The van der Waals surface area contributed by atoms with Gasteiger partial charge >= 0.3 is 0 Å². The van der Waals surface area contributed by atoms with Crippen molar-refractivity contribution in [2.75, 3.05) is 33.9 Å². The van der Waals surface area contributed by atoms with Gasteiger partial charge in [-0.05, 0) is 28.1 Å². The van der Waals surface area contributed by atoms with E-state index in [0.29, 0.717) is 34.8 Å². The Labute approximate surface area is 147 Å². The summed E-state index contributed by atoms with van der Waals surface area (Å²) in [5.74, 6) is 0.102. The number of hydrogen-bond donors (Lipinski definition) is 2. The van der Waals surface area contributed by atoms with Crippen LogP contribution < -0.4 is 15.4 Å². The van der Waals surface area contributed by atoms with Crippen LogP contribution in [-0.2, 0) is 9.53 Å². The van der Waals surface area contributed by atoms with Crippen molar-refractivity contribution in [1.82, 2.24) is 10.6 Å². The molecule has 7 nitrogen and oxygen atoms in total. The second-order valence-electron chi connectivity index (χ2n) is 4.96. The summed E-state index contributed by atoms with van der Waals surface area (Å²) in [6.45, 7) is 1.04. The summed E-state index contributed by atoms with van der Waals surface area (Å²) in [4.78, 5) is 23.5. The van der Waals surface area contributed by atoms with E-state index in [9.17, 15) is 9.59 Å². The van der Waals surface area contributed by atoms with Gasteiger partial charge in [0.15, 0.2) is 4.67 Å². The van der Waals surface area contributed by atoms with Crippen molar-refractivity contribution in [2.24, 2.45) is 0 Å². The highest BCUT2D eigenvalue weighted by Crippen LogP contribution is 2.32. The van der Waals surface area contributed by atoms with Gasteiger partial charge in [-0.15, -0.1) is 0 Å². The van der Waals surface area contributed by atoms with Gasteiger partial charge in [0.2, 0.25) is 5.91 Å². The zero-order valence-corrected chi connectivity index (χ0v) is 15.1. The van der Waals surface area contributed by atoms with Crippen molar-refractivity contribution in [1.29, 1.82) is 0 Å². The predicted octanol–water partition coefficient (Wildman–Crippen LogP) is 2.09. The van der Waals surface area contributed by atoms with E-state index < -0.39 is 0 Å². The van der Waals surface area contributed by atoms with E-state index in [2.05, 4.69) is 26.6 Å². The summed E-state index contributed by atoms with van der Waals surface area (Å²) >= 11 is 3.28. The second-order valence-corrected chi connectivity index (χ2v) is 5.74. The van der Waals surface area contributed by atoms with Gasteiger partial charge < -0.3 is 24.5 Å². The van der Waals surface area contributed by atoms with Crippen molar-refractivity contribution in [3.63, 3.8) is 0 Å². The van der Waals surface area contributed by atoms with E-state index in [1.807, 2.05) is 0 Å². The molecule has 1 heterocycles. The van der Waals surface area contributed by atoms with Gasteiger partial charge in [-0.1, -0.05) is 0 Å². The molecule has 2 rings (SSSR count). The average molecular weight is 399 g/mol. The summed E-state index contributed by atoms with van der Waals surface area (Å²) < 4.78 is 16.7. The smallest absolute Gasteiger partial charge is 0.251 e. The fourth-order valence-corrected chi connectivity index (χ4v) is 2.48. The van der Waals surface area contributed by atoms with Gasteiger partial charge in [-0.25, -0.2) is 0 Å². The largest absolute Gasteiger partial charge is 0.490 e. The minimum atomic E-state index is -0.301. The van der Waals surface area contributed by atoms with Gasteiger partial charge in [0.25, 0.3) is 5.91 Å². The molecule has 0 spiro atoms. The van der Waals surface area contributed by atoms with Crippen molar-refractivity contribution < 1.29 is 23.5 Å². The lowest BCUT2D eigenvalue weighted by Crippen LogP contribution is -2.29. The van der Waals surface area contributed by atoms with E-state index in [0.717, 1.165) is 5.39 Å². The Kier molecular flexibility index (Phi) is 6.62. The molecule has 0 fully saturated rings. The molecule has 0 unspecified atom stereocenters. The van der Waals surface area contributed by atoms with Gasteiger partial charge in [0.05, 0.1) is 12.0 Å². The molecule has 0 bridgehead atoms. The Bertz CT molecular complexity index is 729. The number of amides is 2. The summed E-state index contributed by atoms with van der Waals surface area (Å²) in [5.41, 5.74) is 0.932. The lowest BCUT2D eigenvalue weighted by atomic mass is 10.1. The third-order valence-corrected chi connectivity index (χ3v) is 3.68. The van der Waals surface area contributed by atoms with Crippen LogP contribution in [0.3, 0.4) is 0 Å². The maximum Gasteiger partial charge on any atom is 0.251 e. The van der Waals surface area contributed by atoms with Crippen molar-refractivity contribution in [3.05, 3.63) is 28.4 Å². The van der Waals surface area contributed by atoms with Crippen LogP contribution in [0.4, 0.5) is 0 Å². The number of benzene rings is 1. The van der Waals surface area contributed by atoms with Crippen LogP contribution in [-0.4, -0.2) is 45.7 Å². The molecule has 0 radical (unpaired) electrons. The number of hydrogen-bond acceptors (Lipinski definition) is 5. The zero-order valence-electron chi connectivity index (χ0n) is 13.5. The van der Waals surface area contributed by atoms with Crippen LogP contribution in [0.2, 0.25) is 0 Å². The number of rotatable bonds is 8. The van der Waals surface area contributed by atoms with Crippen LogP contribution >= 0.6 is 15.9 Å². The van der Waals surface area contributed by atoms with Crippen LogP contribution in [0.1, 0.15) is 16.8 Å². The lowest BCUT2D eigenvalue weighted by Gasteiger charge is -2.09. The minimum Gasteiger partial charge on any atom is -0.490 e. The molecule has 1 aromatic carbocycles. The number of methoxy groups -OCH3 is 1. The molecular formula is C16H19BrN2O5. The first-order valence-electron chi connectivity index (χ1n) is 7.38. The maximum absolute atomic E-state index is 12.3. The normalized spacial score (nSPS) is 10.6. The third-order valence-electron chi connectivity index (χ3n) is 3.29.